The number of aryl methyl sites for hydroxylation is 2. The maximum absolute atomic E-state index is 14.3. The Balaban J connectivity index is 2.17. The van der Waals surface area contributed by atoms with E-state index in [1.54, 1.807) is 6.07 Å². The summed E-state index contributed by atoms with van der Waals surface area (Å²) in [6, 6.07) is 8.41. The Hall–Kier alpha value is -2.47. The van der Waals surface area contributed by atoms with Crippen molar-refractivity contribution < 1.29 is 18.4 Å². The van der Waals surface area contributed by atoms with Gasteiger partial charge < -0.3 is 0 Å². The molecule has 0 atom stereocenters. The maximum atomic E-state index is 14.3. The summed E-state index contributed by atoms with van der Waals surface area (Å²) in [6.07, 6.45) is 0. The lowest BCUT2D eigenvalue weighted by atomic mass is 9.99. The molecule has 0 N–H and O–H groups in total. The molecule has 0 radical (unpaired) electrons. The van der Waals surface area contributed by atoms with Crippen molar-refractivity contribution in [2.24, 2.45) is 0 Å². The van der Waals surface area contributed by atoms with Gasteiger partial charge >= 0.3 is 0 Å². The summed E-state index contributed by atoms with van der Waals surface area (Å²) in [7, 11) is 0. The summed E-state index contributed by atoms with van der Waals surface area (Å²) in [5.41, 5.74) is 2.56. The molecule has 0 aliphatic carbocycles. The first kappa shape index (κ1) is 19.3. The van der Waals surface area contributed by atoms with Crippen LogP contribution in [0.5, 0.6) is 0 Å². The summed E-state index contributed by atoms with van der Waals surface area (Å²) < 4.78 is 27.6. The largest absolute Gasteiger partial charge is 0.272 e. The topological polar surface area (TPSA) is 37.4 Å². The van der Waals surface area contributed by atoms with Gasteiger partial charge in [0.15, 0.2) is 0 Å². The summed E-state index contributed by atoms with van der Waals surface area (Å²) in [5, 5.41) is 0.0514. The Morgan fingerprint density at radius 1 is 0.963 bits per heavy atom. The third-order valence-corrected chi connectivity index (χ3v) is 5.28. The average molecular weight is 387 g/mol. The molecule has 27 heavy (non-hydrogen) atoms. The van der Waals surface area contributed by atoms with Gasteiger partial charge in [0.25, 0.3) is 11.8 Å². The molecule has 3 rings (SSSR count). The lowest BCUT2D eigenvalue weighted by Crippen LogP contribution is -2.32. The standard InChI is InChI=1S/C21H19F2NO2S/c1-11(2)27-19-18(15-7-5-12(3)9-13(15)4)20(25)24(21(19)26)17-8-6-14(22)10-16(17)23/h5-11H,1-4H3. The van der Waals surface area contributed by atoms with Crippen LogP contribution >= 0.6 is 11.8 Å². The van der Waals surface area contributed by atoms with E-state index in [1.165, 1.54) is 11.8 Å². The zero-order valence-corrected chi connectivity index (χ0v) is 16.3. The molecule has 1 aliphatic rings. The number of benzene rings is 2. The van der Waals surface area contributed by atoms with Gasteiger partial charge in [-0.3, -0.25) is 9.59 Å². The number of hydrogen-bond acceptors (Lipinski definition) is 3. The van der Waals surface area contributed by atoms with Crippen LogP contribution in [0, 0.1) is 25.5 Å². The monoisotopic (exact) mass is 387 g/mol. The minimum Gasteiger partial charge on any atom is -0.268 e. The molecule has 2 aromatic carbocycles. The van der Waals surface area contributed by atoms with Crippen LogP contribution in [0.2, 0.25) is 0 Å². The van der Waals surface area contributed by atoms with Gasteiger partial charge in [0.2, 0.25) is 0 Å². The highest BCUT2D eigenvalue weighted by Gasteiger charge is 2.42. The molecule has 0 bridgehead atoms. The van der Waals surface area contributed by atoms with E-state index >= 15 is 0 Å². The highest BCUT2D eigenvalue weighted by atomic mass is 32.2. The Labute approximate surface area is 161 Å². The molecule has 140 valence electrons. The van der Waals surface area contributed by atoms with E-state index in [2.05, 4.69) is 0 Å². The van der Waals surface area contributed by atoms with Crippen molar-refractivity contribution in [2.45, 2.75) is 32.9 Å². The van der Waals surface area contributed by atoms with Crippen molar-refractivity contribution in [1.29, 1.82) is 0 Å². The molecule has 1 aliphatic heterocycles. The van der Waals surface area contributed by atoms with Crippen LogP contribution in [0.15, 0.2) is 41.3 Å². The highest BCUT2D eigenvalue weighted by Crippen LogP contribution is 2.41. The van der Waals surface area contributed by atoms with Gasteiger partial charge in [-0.1, -0.05) is 37.6 Å². The number of carbonyl (C=O) groups is 2. The van der Waals surface area contributed by atoms with Crippen molar-refractivity contribution in [1.82, 2.24) is 0 Å². The van der Waals surface area contributed by atoms with E-state index in [9.17, 15) is 18.4 Å². The molecule has 0 fully saturated rings. The van der Waals surface area contributed by atoms with E-state index in [-0.39, 0.29) is 21.4 Å². The minimum absolute atomic E-state index is 0.0514. The number of carbonyl (C=O) groups excluding carboxylic acids is 2. The van der Waals surface area contributed by atoms with Gasteiger partial charge in [0.1, 0.15) is 11.6 Å². The lowest BCUT2D eigenvalue weighted by Gasteiger charge is -2.16. The second-order valence-electron chi connectivity index (χ2n) is 6.73. The van der Waals surface area contributed by atoms with E-state index in [0.29, 0.717) is 11.6 Å². The van der Waals surface area contributed by atoms with Crippen LogP contribution in [-0.4, -0.2) is 17.1 Å². The van der Waals surface area contributed by atoms with Gasteiger partial charge in [0.05, 0.1) is 16.2 Å². The summed E-state index contributed by atoms with van der Waals surface area (Å²) in [6.45, 7) is 7.63. The number of nitrogens with zero attached hydrogens (tertiary/aromatic N) is 1. The molecule has 0 spiro atoms. The molecule has 1 heterocycles. The number of imide groups is 1. The lowest BCUT2D eigenvalue weighted by molar-refractivity contribution is -0.119. The smallest absolute Gasteiger partial charge is 0.268 e. The number of rotatable bonds is 4. The van der Waals surface area contributed by atoms with Crippen molar-refractivity contribution in [3.8, 4) is 0 Å². The SMILES string of the molecule is Cc1ccc(C2=C(SC(C)C)C(=O)N(c3ccc(F)cc3F)C2=O)c(C)c1. The second kappa shape index (κ2) is 7.27. The molecule has 0 saturated heterocycles. The molecule has 6 heteroatoms. The molecular weight excluding hydrogens is 368 g/mol. The van der Waals surface area contributed by atoms with Crippen LogP contribution < -0.4 is 4.90 Å². The van der Waals surface area contributed by atoms with Crippen LogP contribution in [0.3, 0.4) is 0 Å². The van der Waals surface area contributed by atoms with Crippen LogP contribution in [0.25, 0.3) is 5.57 Å². The van der Waals surface area contributed by atoms with Crippen molar-refractivity contribution in [2.75, 3.05) is 4.90 Å². The number of halogens is 2. The predicted octanol–water partition coefficient (Wildman–Crippen LogP) is 5.01. The summed E-state index contributed by atoms with van der Waals surface area (Å²) >= 11 is 1.27. The highest BCUT2D eigenvalue weighted by molar-refractivity contribution is 8.04. The first-order chi connectivity index (χ1) is 12.7. The van der Waals surface area contributed by atoms with Crippen molar-refractivity contribution in [3.05, 3.63) is 69.6 Å². The van der Waals surface area contributed by atoms with Crippen LogP contribution in [0.4, 0.5) is 14.5 Å². The minimum atomic E-state index is -0.951. The third-order valence-electron chi connectivity index (χ3n) is 4.20. The zero-order chi connectivity index (χ0) is 19.9. The zero-order valence-electron chi connectivity index (χ0n) is 15.5. The quantitative estimate of drug-likeness (QED) is 0.692. The van der Waals surface area contributed by atoms with E-state index in [0.717, 1.165) is 28.2 Å². The number of hydrogen-bond donors (Lipinski definition) is 0. The average Bonchev–Trinajstić information content (AvgIpc) is 2.79. The summed E-state index contributed by atoms with van der Waals surface area (Å²) in [5.74, 6) is -2.90. The Morgan fingerprint density at radius 3 is 2.26 bits per heavy atom. The van der Waals surface area contributed by atoms with Gasteiger partial charge in [0, 0.05) is 11.3 Å². The summed E-state index contributed by atoms with van der Waals surface area (Å²) in [4.78, 5) is 27.3. The molecule has 3 nitrogen and oxygen atoms in total. The third kappa shape index (κ3) is 3.54. The molecule has 0 unspecified atom stereocenters. The van der Waals surface area contributed by atoms with Gasteiger partial charge in [-0.15, -0.1) is 11.8 Å². The fourth-order valence-electron chi connectivity index (χ4n) is 3.07. The molecule has 2 amide bonds. The maximum Gasteiger partial charge on any atom is 0.272 e. The fourth-order valence-corrected chi connectivity index (χ4v) is 4.05. The van der Waals surface area contributed by atoms with Gasteiger partial charge in [-0.2, -0.15) is 0 Å². The van der Waals surface area contributed by atoms with Crippen molar-refractivity contribution in [3.63, 3.8) is 0 Å². The number of thioether (sulfide) groups is 1. The van der Waals surface area contributed by atoms with Crippen LogP contribution in [-0.2, 0) is 9.59 Å². The molecule has 0 saturated carbocycles. The first-order valence-corrected chi connectivity index (χ1v) is 9.41. The molecular formula is C21H19F2NO2S. The normalized spacial score (nSPS) is 14.7. The molecule has 2 aromatic rings. The first-order valence-electron chi connectivity index (χ1n) is 8.53. The van der Waals surface area contributed by atoms with Crippen molar-refractivity contribution >= 4 is 34.8 Å². The molecule has 0 aromatic heterocycles. The van der Waals surface area contributed by atoms with Gasteiger partial charge in [-0.05, 0) is 37.1 Å². The number of amides is 2. The van der Waals surface area contributed by atoms with Gasteiger partial charge in [-0.25, -0.2) is 13.7 Å². The Kier molecular flexibility index (Phi) is 5.20. The van der Waals surface area contributed by atoms with Crippen LogP contribution in [0.1, 0.15) is 30.5 Å². The van der Waals surface area contributed by atoms with E-state index in [4.69, 9.17) is 0 Å². The van der Waals surface area contributed by atoms with E-state index in [1.807, 2.05) is 39.8 Å². The Bertz CT molecular complexity index is 982. The second-order valence-corrected chi connectivity index (χ2v) is 8.32. The van der Waals surface area contributed by atoms with E-state index < -0.39 is 23.4 Å². The Morgan fingerprint density at radius 2 is 1.67 bits per heavy atom. The predicted molar refractivity (Wildman–Crippen MR) is 104 cm³/mol. The fraction of sp³-hybridized carbons (Fsp3) is 0.238. The number of anilines is 1.